The highest BCUT2D eigenvalue weighted by molar-refractivity contribution is 6.31. The minimum absolute atomic E-state index is 0.102. The molecule has 0 saturated carbocycles. The van der Waals surface area contributed by atoms with E-state index in [4.69, 9.17) is 16.9 Å². The molecule has 1 aromatic carbocycles. The molecule has 1 amide bonds. The molecule has 144 valence electrons. The van der Waals surface area contributed by atoms with Gasteiger partial charge in [-0.1, -0.05) is 24.9 Å². The van der Waals surface area contributed by atoms with Gasteiger partial charge in [-0.25, -0.2) is 0 Å². The van der Waals surface area contributed by atoms with Gasteiger partial charge in [0, 0.05) is 43.4 Å². The van der Waals surface area contributed by atoms with Crippen molar-refractivity contribution in [3.8, 4) is 6.07 Å². The van der Waals surface area contributed by atoms with E-state index in [1.54, 1.807) is 6.07 Å². The Hall–Kier alpha value is -1.61. The third kappa shape index (κ3) is 7.74. The summed E-state index contributed by atoms with van der Waals surface area (Å²) in [6.45, 7) is 13.1. The Morgan fingerprint density at radius 3 is 2.54 bits per heavy atom. The Balaban J connectivity index is 0.000000359. The van der Waals surface area contributed by atoms with E-state index in [-0.39, 0.29) is 5.41 Å². The second kappa shape index (κ2) is 11.2. The van der Waals surface area contributed by atoms with Gasteiger partial charge in [0.15, 0.2) is 0 Å². The molecule has 26 heavy (non-hydrogen) atoms. The average molecular weight is 379 g/mol. The third-order valence-electron chi connectivity index (χ3n) is 4.48. The fraction of sp³-hybridized carbons (Fsp3) is 0.600. The van der Waals surface area contributed by atoms with Crippen LogP contribution in [0.4, 0.5) is 5.69 Å². The normalized spacial score (nSPS) is 14.8. The summed E-state index contributed by atoms with van der Waals surface area (Å²) in [6, 6.07) is 6.01. The van der Waals surface area contributed by atoms with Crippen molar-refractivity contribution in [2.75, 3.05) is 31.5 Å². The number of piperazine rings is 1. The van der Waals surface area contributed by atoms with Crippen molar-refractivity contribution in [1.29, 1.82) is 5.26 Å². The van der Waals surface area contributed by atoms with Gasteiger partial charge in [0.25, 0.3) is 0 Å². The SMILES string of the molecule is CCCC(C)(C)C#N.Cc1c(CN2CCNCC2)cc(Cl)cc1NC=O. The van der Waals surface area contributed by atoms with Gasteiger partial charge >= 0.3 is 0 Å². The van der Waals surface area contributed by atoms with Crippen molar-refractivity contribution in [3.63, 3.8) is 0 Å². The monoisotopic (exact) mass is 378 g/mol. The summed E-state index contributed by atoms with van der Waals surface area (Å²) in [5.41, 5.74) is 2.95. The molecule has 5 nitrogen and oxygen atoms in total. The van der Waals surface area contributed by atoms with Crippen LogP contribution in [-0.4, -0.2) is 37.5 Å². The van der Waals surface area contributed by atoms with Crippen molar-refractivity contribution in [2.24, 2.45) is 5.41 Å². The van der Waals surface area contributed by atoms with E-state index in [2.05, 4.69) is 28.5 Å². The first-order chi connectivity index (χ1) is 12.3. The quantitative estimate of drug-likeness (QED) is 0.735. The highest BCUT2D eigenvalue weighted by Gasteiger charge is 2.14. The lowest BCUT2D eigenvalue weighted by atomic mass is 9.90. The molecule has 0 unspecified atom stereocenters. The molecule has 0 aromatic heterocycles. The fourth-order valence-electron chi connectivity index (χ4n) is 2.90. The number of hydrogen-bond donors (Lipinski definition) is 2. The summed E-state index contributed by atoms with van der Waals surface area (Å²) in [5, 5.41) is 15.2. The minimum atomic E-state index is -0.102. The van der Waals surface area contributed by atoms with Crippen molar-refractivity contribution < 1.29 is 4.79 Å². The molecule has 0 spiro atoms. The Bertz CT molecular complexity index is 619. The number of amides is 1. The largest absolute Gasteiger partial charge is 0.328 e. The van der Waals surface area contributed by atoms with E-state index >= 15 is 0 Å². The number of carbonyl (C=O) groups is 1. The number of halogens is 1. The van der Waals surface area contributed by atoms with E-state index in [0.29, 0.717) is 11.4 Å². The van der Waals surface area contributed by atoms with E-state index < -0.39 is 0 Å². The molecular formula is C20H31ClN4O. The van der Waals surface area contributed by atoms with E-state index in [1.807, 2.05) is 26.8 Å². The van der Waals surface area contributed by atoms with E-state index in [9.17, 15) is 4.79 Å². The predicted octanol–water partition coefficient (Wildman–Crippen LogP) is 3.96. The highest BCUT2D eigenvalue weighted by Crippen LogP contribution is 2.25. The van der Waals surface area contributed by atoms with Crippen molar-refractivity contribution in [3.05, 3.63) is 28.3 Å². The van der Waals surface area contributed by atoms with Crippen LogP contribution in [0.15, 0.2) is 12.1 Å². The highest BCUT2D eigenvalue weighted by atomic mass is 35.5. The maximum Gasteiger partial charge on any atom is 0.211 e. The van der Waals surface area contributed by atoms with Crippen LogP contribution in [0.3, 0.4) is 0 Å². The first kappa shape index (κ1) is 22.4. The summed E-state index contributed by atoms with van der Waals surface area (Å²) < 4.78 is 0. The average Bonchev–Trinajstić information content (AvgIpc) is 2.61. The third-order valence-corrected chi connectivity index (χ3v) is 4.69. The molecular weight excluding hydrogens is 348 g/mol. The summed E-state index contributed by atoms with van der Waals surface area (Å²) in [6.07, 6.45) is 2.79. The molecule has 0 radical (unpaired) electrons. The smallest absolute Gasteiger partial charge is 0.211 e. The van der Waals surface area contributed by atoms with Crippen molar-refractivity contribution >= 4 is 23.7 Å². The summed E-state index contributed by atoms with van der Waals surface area (Å²) >= 11 is 6.09. The molecule has 6 heteroatoms. The van der Waals surface area contributed by atoms with Crippen molar-refractivity contribution in [2.45, 2.75) is 47.1 Å². The molecule has 2 N–H and O–H groups in total. The van der Waals surface area contributed by atoms with Gasteiger partial charge in [-0.05, 0) is 50.5 Å². The van der Waals surface area contributed by atoms with Crippen LogP contribution >= 0.6 is 11.6 Å². The van der Waals surface area contributed by atoms with Crippen LogP contribution in [0.1, 0.15) is 44.7 Å². The molecule has 1 aliphatic heterocycles. The van der Waals surface area contributed by atoms with Gasteiger partial charge in [0.1, 0.15) is 0 Å². The lowest BCUT2D eigenvalue weighted by molar-refractivity contribution is -0.105. The maximum atomic E-state index is 10.6. The molecule has 1 fully saturated rings. The molecule has 0 aliphatic carbocycles. The fourth-order valence-corrected chi connectivity index (χ4v) is 3.14. The summed E-state index contributed by atoms with van der Waals surface area (Å²) in [4.78, 5) is 13.0. The first-order valence-electron chi connectivity index (χ1n) is 9.16. The summed E-state index contributed by atoms with van der Waals surface area (Å²) in [5.74, 6) is 0. The number of anilines is 1. The van der Waals surface area contributed by atoms with Gasteiger partial charge in [0.05, 0.1) is 11.5 Å². The lowest BCUT2D eigenvalue weighted by Crippen LogP contribution is -2.43. The Kier molecular flexibility index (Phi) is 9.64. The van der Waals surface area contributed by atoms with Crippen LogP contribution in [0.5, 0.6) is 0 Å². The van der Waals surface area contributed by atoms with Gasteiger partial charge in [0.2, 0.25) is 6.41 Å². The topological polar surface area (TPSA) is 68.2 Å². The van der Waals surface area contributed by atoms with Crippen LogP contribution in [0.2, 0.25) is 5.02 Å². The van der Waals surface area contributed by atoms with Gasteiger partial charge in [-0.3, -0.25) is 9.69 Å². The van der Waals surface area contributed by atoms with E-state index in [1.165, 1.54) is 5.56 Å². The van der Waals surface area contributed by atoms with Crippen LogP contribution in [0.25, 0.3) is 0 Å². The van der Waals surface area contributed by atoms with Crippen LogP contribution in [0, 0.1) is 23.7 Å². The zero-order chi connectivity index (χ0) is 19.6. The Labute approximate surface area is 162 Å². The zero-order valence-corrected chi connectivity index (χ0v) is 17.1. The second-order valence-electron chi connectivity index (χ2n) is 7.27. The number of carbonyl (C=O) groups excluding carboxylic acids is 1. The van der Waals surface area contributed by atoms with Crippen LogP contribution in [-0.2, 0) is 11.3 Å². The number of nitriles is 1. The lowest BCUT2D eigenvalue weighted by Gasteiger charge is -2.28. The van der Waals surface area contributed by atoms with Gasteiger partial charge in [-0.2, -0.15) is 5.26 Å². The van der Waals surface area contributed by atoms with Gasteiger partial charge in [-0.15, -0.1) is 0 Å². The molecule has 2 rings (SSSR count). The number of benzene rings is 1. The predicted molar refractivity (Wildman–Crippen MR) is 108 cm³/mol. The Morgan fingerprint density at radius 1 is 1.38 bits per heavy atom. The van der Waals surface area contributed by atoms with Gasteiger partial charge < -0.3 is 10.6 Å². The van der Waals surface area contributed by atoms with Crippen LogP contribution < -0.4 is 10.6 Å². The molecule has 1 saturated heterocycles. The molecule has 1 aromatic rings. The first-order valence-corrected chi connectivity index (χ1v) is 9.54. The van der Waals surface area contributed by atoms with Crippen molar-refractivity contribution in [1.82, 2.24) is 10.2 Å². The summed E-state index contributed by atoms with van der Waals surface area (Å²) in [7, 11) is 0. The minimum Gasteiger partial charge on any atom is -0.328 e. The molecule has 0 atom stereocenters. The second-order valence-corrected chi connectivity index (χ2v) is 7.71. The number of hydrogen-bond acceptors (Lipinski definition) is 4. The maximum absolute atomic E-state index is 10.6. The number of rotatable bonds is 6. The number of nitrogens with one attached hydrogen (secondary N) is 2. The molecule has 1 heterocycles. The molecule has 1 aliphatic rings. The molecule has 0 bridgehead atoms. The standard InChI is InChI=1S/C13H18ClN3O.C7H13N/c1-10-11(8-17-4-2-15-3-5-17)6-12(14)7-13(10)16-9-18;1-4-5-7(2,3)6-8/h6-7,9,15H,2-5,8H2,1H3,(H,16,18);4-5H2,1-3H3. The zero-order valence-electron chi connectivity index (χ0n) is 16.4. The number of nitrogens with zero attached hydrogens (tertiary/aromatic N) is 2. The Morgan fingerprint density at radius 2 is 2.04 bits per heavy atom. The van der Waals surface area contributed by atoms with E-state index in [0.717, 1.165) is 56.8 Å².